The van der Waals surface area contributed by atoms with Gasteiger partial charge in [-0.3, -0.25) is 4.79 Å². The van der Waals surface area contributed by atoms with Crippen LogP contribution in [0.2, 0.25) is 0 Å². The third-order valence-corrected chi connectivity index (χ3v) is 4.75. The number of hydrogen-bond donors (Lipinski definition) is 1. The molecule has 0 aliphatic rings. The van der Waals surface area contributed by atoms with Gasteiger partial charge in [0.1, 0.15) is 5.75 Å². The molecular weight excluding hydrogens is 330 g/mol. The summed E-state index contributed by atoms with van der Waals surface area (Å²) < 4.78 is 5.71. The van der Waals surface area contributed by atoms with Gasteiger partial charge in [-0.1, -0.05) is 30.3 Å². The van der Waals surface area contributed by atoms with Gasteiger partial charge in [0, 0.05) is 11.4 Å². The number of hydrogen-bond acceptors (Lipinski definition) is 3. The summed E-state index contributed by atoms with van der Waals surface area (Å²) in [4.78, 5) is 13.3. The van der Waals surface area contributed by atoms with Crippen LogP contribution < -0.4 is 10.1 Å². The second kappa shape index (κ2) is 10.1. The predicted octanol–water partition coefficient (Wildman–Crippen LogP) is 4.70. The standard InChI is InChI=1S/C21H27NO2S/c1-16(2)24-19-11-7-9-18(15-19)10-8-14-22-21(23)17(3)25-20-12-5-4-6-13-20/h4-7,9,11-13,15-17H,8,10,14H2,1-3H3,(H,22,23)/t17-/m1/s1. The molecule has 25 heavy (non-hydrogen) atoms. The van der Waals surface area contributed by atoms with Crippen molar-refractivity contribution in [3.63, 3.8) is 0 Å². The van der Waals surface area contributed by atoms with Crippen LogP contribution >= 0.6 is 11.8 Å². The summed E-state index contributed by atoms with van der Waals surface area (Å²) in [5.74, 6) is 0.996. The summed E-state index contributed by atoms with van der Waals surface area (Å²) in [6.45, 7) is 6.68. The quantitative estimate of drug-likeness (QED) is 0.522. The SMILES string of the molecule is CC(C)Oc1cccc(CCCNC(=O)[C@@H](C)Sc2ccccc2)c1. The second-order valence-corrected chi connectivity index (χ2v) is 7.70. The minimum absolute atomic E-state index is 0.0887. The van der Waals surface area contributed by atoms with Gasteiger partial charge < -0.3 is 10.1 Å². The number of carbonyl (C=O) groups is 1. The van der Waals surface area contributed by atoms with Crippen LogP contribution in [0.3, 0.4) is 0 Å². The van der Waals surface area contributed by atoms with E-state index in [4.69, 9.17) is 4.74 Å². The fraction of sp³-hybridized carbons (Fsp3) is 0.381. The molecule has 0 saturated carbocycles. The fourth-order valence-electron chi connectivity index (χ4n) is 2.45. The Hall–Kier alpha value is -1.94. The number of nitrogens with one attached hydrogen (secondary N) is 1. The molecule has 0 radical (unpaired) electrons. The zero-order valence-corrected chi connectivity index (χ0v) is 16.0. The van der Waals surface area contributed by atoms with Crippen molar-refractivity contribution in [1.29, 1.82) is 0 Å². The molecule has 0 unspecified atom stereocenters. The van der Waals surface area contributed by atoms with E-state index in [0.29, 0.717) is 6.54 Å². The Kier molecular flexibility index (Phi) is 7.86. The van der Waals surface area contributed by atoms with Gasteiger partial charge in [-0.05, 0) is 63.4 Å². The van der Waals surface area contributed by atoms with Crippen molar-refractivity contribution in [3.8, 4) is 5.75 Å². The third-order valence-electron chi connectivity index (χ3n) is 3.64. The lowest BCUT2D eigenvalue weighted by atomic mass is 10.1. The molecule has 0 aliphatic heterocycles. The van der Waals surface area contributed by atoms with Crippen LogP contribution in [0.5, 0.6) is 5.75 Å². The Morgan fingerprint density at radius 1 is 1.08 bits per heavy atom. The molecule has 0 heterocycles. The molecule has 2 aromatic carbocycles. The van der Waals surface area contributed by atoms with Crippen LogP contribution in [0.25, 0.3) is 0 Å². The van der Waals surface area contributed by atoms with Crippen LogP contribution in [0.15, 0.2) is 59.5 Å². The Labute approximate surface area is 155 Å². The van der Waals surface area contributed by atoms with Crippen LogP contribution in [0, 0.1) is 0 Å². The summed E-state index contributed by atoms with van der Waals surface area (Å²) >= 11 is 1.59. The monoisotopic (exact) mass is 357 g/mol. The summed E-state index contributed by atoms with van der Waals surface area (Å²) in [5.41, 5.74) is 1.24. The topological polar surface area (TPSA) is 38.3 Å². The fourth-order valence-corrected chi connectivity index (χ4v) is 3.36. The second-order valence-electron chi connectivity index (χ2n) is 6.28. The molecule has 0 bridgehead atoms. The van der Waals surface area contributed by atoms with Gasteiger partial charge in [-0.15, -0.1) is 11.8 Å². The zero-order valence-electron chi connectivity index (χ0n) is 15.2. The summed E-state index contributed by atoms with van der Waals surface area (Å²) in [5, 5.41) is 2.94. The maximum Gasteiger partial charge on any atom is 0.233 e. The molecule has 3 nitrogen and oxygen atoms in total. The van der Waals surface area contributed by atoms with Gasteiger partial charge in [-0.25, -0.2) is 0 Å². The van der Waals surface area contributed by atoms with E-state index < -0.39 is 0 Å². The Balaban J connectivity index is 1.71. The lowest BCUT2D eigenvalue weighted by molar-refractivity contribution is -0.120. The summed E-state index contributed by atoms with van der Waals surface area (Å²) in [6.07, 6.45) is 2.02. The largest absolute Gasteiger partial charge is 0.491 e. The first-order chi connectivity index (χ1) is 12.0. The molecule has 1 atom stereocenters. The molecule has 0 fully saturated rings. The number of aryl methyl sites for hydroxylation is 1. The van der Waals surface area contributed by atoms with E-state index in [1.807, 2.05) is 63.2 Å². The van der Waals surface area contributed by atoms with Crippen LogP contribution in [0.1, 0.15) is 32.8 Å². The molecule has 0 saturated heterocycles. The first kappa shape index (κ1) is 19.4. The average Bonchev–Trinajstić information content (AvgIpc) is 2.59. The minimum atomic E-state index is -0.0924. The maximum absolute atomic E-state index is 12.2. The first-order valence-electron chi connectivity index (χ1n) is 8.79. The molecular formula is C21H27NO2S. The van der Waals surface area contributed by atoms with Crippen LogP contribution in [-0.2, 0) is 11.2 Å². The van der Waals surface area contributed by atoms with Crippen molar-refractivity contribution < 1.29 is 9.53 Å². The maximum atomic E-state index is 12.2. The van der Waals surface area contributed by atoms with Gasteiger partial charge >= 0.3 is 0 Å². The van der Waals surface area contributed by atoms with E-state index >= 15 is 0 Å². The van der Waals surface area contributed by atoms with E-state index in [2.05, 4.69) is 17.4 Å². The molecule has 1 N–H and O–H groups in total. The predicted molar refractivity (Wildman–Crippen MR) is 105 cm³/mol. The Morgan fingerprint density at radius 3 is 2.56 bits per heavy atom. The van der Waals surface area contributed by atoms with Crippen molar-refractivity contribution >= 4 is 17.7 Å². The molecule has 0 spiro atoms. The number of thioether (sulfide) groups is 1. The van der Waals surface area contributed by atoms with Gasteiger partial charge in [-0.2, -0.15) is 0 Å². The van der Waals surface area contributed by atoms with Gasteiger partial charge in [0.05, 0.1) is 11.4 Å². The minimum Gasteiger partial charge on any atom is -0.491 e. The van der Waals surface area contributed by atoms with E-state index in [1.165, 1.54) is 5.56 Å². The lowest BCUT2D eigenvalue weighted by Gasteiger charge is -2.13. The number of ether oxygens (including phenoxy) is 1. The van der Waals surface area contributed by atoms with Crippen LogP contribution in [-0.4, -0.2) is 23.8 Å². The van der Waals surface area contributed by atoms with Gasteiger partial charge in [0.15, 0.2) is 0 Å². The molecule has 1 amide bonds. The molecule has 4 heteroatoms. The average molecular weight is 358 g/mol. The van der Waals surface area contributed by atoms with Gasteiger partial charge in [0.2, 0.25) is 5.91 Å². The number of amides is 1. The van der Waals surface area contributed by atoms with E-state index in [1.54, 1.807) is 11.8 Å². The van der Waals surface area contributed by atoms with Crippen molar-refractivity contribution in [3.05, 3.63) is 60.2 Å². The molecule has 0 aliphatic carbocycles. The van der Waals surface area contributed by atoms with E-state index in [-0.39, 0.29) is 17.3 Å². The highest BCUT2D eigenvalue weighted by Crippen LogP contribution is 2.22. The van der Waals surface area contributed by atoms with Crippen molar-refractivity contribution in [1.82, 2.24) is 5.32 Å². The smallest absolute Gasteiger partial charge is 0.233 e. The molecule has 0 aromatic heterocycles. The summed E-state index contributed by atoms with van der Waals surface area (Å²) in [7, 11) is 0. The highest BCUT2D eigenvalue weighted by molar-refractivity contribution is 8.00. The van der Waals surface area contributed by atoms with Crippen LogP contribution in [0.4, 0.5) is 0 Å². The zero-order chi connectivity index (χ0) is 18.1. The Bertz CT molecular complexity index is 658. The molecule has 2 rings (SSSR count). The lowest BCUT2D eigenvalue weighted by Crippen LogP contribution is -2.31. The van der Waals surface area contributed by atoms with Crippen molar-refractivity contribution in [2.24, 2.45) is 0 Å². The van der Waals surface area contributed by atoms with Gasteiger partial charge in [0.25, 0.3) is 0 Å². The third kappa shape index (κ3) is 7.22. The van der Waals surface area contributed by atoms with Crippen molar-refractivity contribution in [2.75, 3.05) is 6.54 Å². The number of benzene rings is 2. The highest BCUT2D eigenvalue weighted by Gasteiger charge is 2.13. The number of carbonyl (C=O) groups excluding carboxylic acids is 1. The van der Waals surface area contributed by atoms with Crippen molar-refractivity contribution in [2.45, 2.75) is 49.9 Å². The summed E-state index contributed by atoms with van der Waals surface area (Å²) in [6, 6.07) is 18.2. The number of rotatable bonds is 9. The Morgan fingerprint density at radius 2 is 1.84 bits per heavy atom. The van der Waals surface area contributed by atoms with E-state index in [9.17, 15) is 4.79 Å². The first-order valence-corrected chi connectivity index (χ1v) is 9.67. The molecule has 2 aromatic rings. The normalized spacial score (nSPS) is 12.0. The van der Waals surface area contributed by atoms with E-state index in [0.717, 1.165) is 23.5 Å². The highest BCUT2D eigenvalue weighted by atomic mass is 32.2. The molecule has 134 valence electrons.